The van der Waals surface area contributed by atoms with Gasteiger partial charge in [-0.25, -0.2) is 0 Å². The Balaban J connectivity index is 2.23. The summed E-state index contributed by atoms with van der Waals surface area (Å²) in [6.07, 6.45) is 0.0190. The third-order valence-corrected chi connectivity index (χ3v) is 3.70. The molecule has 0 saturated heterocycles. The molecular formula is C11H14NO5P. The fourth-order valence-electron chi connectivity index (χ4n) is 2.08. The van der Waals surface area contributed by atoms with Crippen LogP contribution in [0.4, 0.5) is 0 Å². The zero-order chi connectivity index (χ0) is 13.3. The van der Waals surface area contributed by atoms with Crippen LogP contribution in [0.1, 0.15) is 16.7 Å². The Hall–Kier alpha value is -1.20. The molecule has 0 aliphatic carbocycles. The van der Waals surface area contributed by atoms with Crippen molar-refractivity contribution in [2.24, 2.45) is 0 Å². The van der Waals surface area contributed by atoms with Crippen molar-refractivity contribution in [3.05, 3.63) is 34.9 Å². The van der Waals surface area contributed by atoms with Crippen molar-refractivity contribution in [1.29, 1.82) is 0 Å². The molecule has 0 aromatic heterocycles. The third-order valence-electron chi connectivity index (χ3n) is 2.92. The monoisotopic (exact) mass is 271 g/mol. The molecule has 98 valence electrons. The van der Waals surface area contributed by atoms with Gasteiger partial charge in [0.25, 0.3) is 0 Å². The molecule has 4 N–H and O–H groups in total. The topological polar surface area (TPSA) is 107 Å². The molecule has 0 saturated carbocycles. The lowest BCUT2D eigenvalue weighted by molar-refractivity contribution is -0.139. The second kappa shape index (κ2) is 4.82. The van der Waals surface area contributed by atoms with Gasteiger partial charge in [0.2, 0.25) is 0 Å². The molecule has 1 aliphatic rings. The summed E-state index contributed by atoms with van der Waals surface area (Å²) in [6, 6.07) is 4.50. The molecule has 1 aliphatic heterocycles. The van der Waals surface area contributed by atoms with Gasteiger partial charge in [-0.15, -0.1) is 0 Å². The fourth-order valence-corrected chi connectivity index (χ4v) is 2.75. The lowest BCUT2D eigenvalue weighted by atomic mass is 9.94. The van der Waals surface area contributed by atoms with Crippen LogP contribution in [-0.2, 0) is 28.5 Å². The predicted octanol–water partition coefficient (Wildman–Crippen LogP) is 0.463. The highest BCUT2D eigenvalue weighted by Crippen LogP contribution is 2.39. The Labute approximate surface area is 104 Å². The molecule has 18 heavy (non-hydrogen) atoms. The van der Waals surface area contributed by atoms with E-state index in [1.54, 1.807) is 18.2 Å². The molecular weight excluding hydrogens is 257 g/mol. The molecule has 6 nitrogen and oxygen atoms in total. The van der Waals surface area contributed by atoms with Crippen molar-refractivity contribution in [3.63, 3.8) is 0 Å². The zero-order valence-electron chi connectivity index (χ0n) is 9.54. The Kier molecular flexibility index (Phi) is 3.54. The van der Waals surface area contributed by atoms with Crippen LogP contribution in [0.15, 0.2) is 18.2 Å². The maximum atomic E-state index is 10.9. The smallest absolute Gasteiger partial charge is 0.329 e. The van der Waals surface area contributed by atoms with Crippen LogP contribution < -0.4 is 5.32 Å². The second-order valence-electron chi connectivity index (χ2n) is 4.40. The normalized spacial score (nSPS) is 19.3. The van der Waals surface area contributed by atoms with Gasteiger partial charge in [-0.05, 0) is 23.1 Å². The molecule has 2 rings (SSSR count). The lowest BCUT2D eigenvalue weighted by Crippen LogP contribution is -2.41. The van der Waals surface area contributed by atoms with E-state index in [9.17, 15) is 9.36 Å². The van der Waals surface area contributed by atoms with E-state index in [1.807, 2.05) is 0 Å². The van der Waals surface area contributed by atoms with Crippen molar-refractivity contribution in [2.45, 2.75) is 25.2 Å². The van der Waals surface area contributed by atoms with Gasteiger partial charge < -0.3 is 20.2 Å². The molecule has 0 amide bonds. The van der Waals surface area contributed by atoms with Crippen LogP contribution in [0.25, 0.3) is 0 Å². The minimum Gasteiger partial charge on any atom is -0.480 e. The highest BCUT2D eigenvalue weighted by molar-refractivity contribution is 7.50. The Morgan fingerprint density at radius 1 is 1.39 bits per heavy atom. The molecule has 0 fully saturated rings. The summed E-state index contributed by atoms with van der Waals surface area (Å²) in [7, 11) is -4.09. The number of hydrogen-bond acceptors (Lipinski definition) is 3. The van der Waals surface area contributed by atoms with Gasteiger partial charge in [0.05, 0.1) is 6.16 Å². The number of hydrogen-bond donors (Lipinski definition) is 4. The average Bonchev–Trinajstić information content (AvgIpc) is 2.25. The first kappa shape index (κ1) is 13.2. The molecule has 0 bridgehead atoms. The maximum Gasteiger partial charge on any atom is 0.329 e. The van der Waals surface area contributed by atoms with Crippen molar-refractivity contribution in [1.82, 2.24) is 5.32 Å². The van der Waals surface area contributed by atoms with Crippen molar-refractivity contribution in [2.75, 3.05) is 0 Å². The molecule has 7 heteroatoms. The van der Waals surface area contributed by atoms with E-state index in [-0.39, 0.29) is 6.16 Å². The Bertz CT molecular complexity index is 524. The summed E-state index contributed by atoms with van der Waals surface area (Å²) < 4.78 is 10.9. The van der Waals surface area contributed by atoms with Gasteiger partial charge in [0, 0.05) is 6.54 Å². The number of carboxylic acids is 1. The summed E-state index contributed by atoms with van der Waals surface area (Å²) in [5.74, 6) is -0.916. The Morgan fingerprint density at radius 2 is 2.11 bits per heavy atom. The number of rotatable bonds is 3. The second-order valence-corrected chi connectivity index (χ2v) is 6.05. The fraction of sp³-hybridized carbons (Fsp3) is 0.364. The van der Waals surface area contributed by atoms with Crippen LogP contribution in [0, 0.1) is 0 Å². The zero-order valence-corrected chi connectivity index (χ0v) is 10.4. The number of aliphatic carboxylic acids is 1. The highest BCUT2D eigenvalue weighted by atomic mass is 31.2. The molecule has 0 unspecified atom stereocenters. The van der Waals surface area contributed by atoms with E-state index in [0.717, 1.165) is 11.1 Å². The highest BCUT2D eigenvalue weighted by Gasteiger charge is 2.24. The van der Waals surface area contributed by atoms with E-state index < -0.39 is 19.6 Å². The van der Waals surface area contributed by atoms with E-state index in [0.29, 0.717) is 18.5 Å². The van der Waals surface area contributed by atoms with Gasteiger partial charge in [-0.2, -0.15) is 0 Å². The number of fused-ring (bicyclic) bond motifs is 1. The van der Waals surface area contributed by atoms with Crippen LogP contribution in [-0.4, -0.2) is 26.9 Å². The number of nitrogens with one attached hydrogen (secondary N) is 1. The van der Waals surface area contributed by atoms with E-state index in [4.69, 9.17) is 14.9 Å². The molecule has 0 spiro atoms. The average molecular weight is 271 g/mol. The summed E-state index contributed by atoms with van der Waals surface area (Å²) in [4.78, 5) is 28.7. The molecule has 0 radical (unpaired) electrons. The van der Waals surface area contributed by atoms with Crippen LogP contribution in [0.3, 0.4) is 0 Å². The number of carboxylic acid groups (broad SMARTS) is 1. The maximum absolute atomic E-state index is 10.9. The number of carbonyl (C=O) groups is 1. The van der Waals surface area contributed by atoms with Gasteiger partial charge >= 0.3 is 13.6 Å². The van der Waals surface area contributed by atoms with Gasteiger partial charge in [-0.3, -0.25) is 9.36 Å². The van der Waals surface area contributed by atoms with Crippen LogP contribution in [0.2, 0.25) is 0 Å². The summed E-state index contributed by atoms with van der Waals surface area (Å²) in [5, 5.41) is 11.8. The summed E-state index contributed by atoms with van der Waals surface area (Å²) in [6.45, 7) is 0.461. The summed E-state index contributed by atoms with van der Waals surface area (Å²) >= 11 is 0. The van der Waals surface area contributed by atoms with E-state index in [1.165, 1.54) is 0 Å². The van der Waals surface area contributed by atoms with Gasteiger partial charge in [0.15, 0.2) is 0 Å². The minimum atomic E-state index is -4.09. The quantitative estimate of drug-likeness (QED) is 0.595. The Morgan fingerprint density at radius 3 is 2.72 bits per heavy atom. The largest absolute Gasteiger partial charge is 0.480 e. The minimum absolute atomic E-state index is 0.314. The van der Waals surface area contributed by atoms with Crippen molar-refractivity contribution < 1.29 is 24.3 Å². The van der Waals surface area contributed by atoms with Gasteiger partial charge in [0.1, 0.15) is 6.04 Å². The van der Waals surface area contributed by atoms with E-state index >= 15 is 0 Å². The predicted molar refractivity (Wildman–Crippen MR) is 64.2 cm³/mol. The van der Waals surface area contributed by atoms with Crippen LogP contribution in [0.5, 0.6) is 0 Å². The molecule has 1 aromatic carbocycles. The standard InChI is InChI=1S/C11H14NO5P/c13-11(14)10-4-9-3-7(6-18(15,16)17)1-2-8(9)5-12-10/h1-3,10,12H,4-6H2,(H,13,14)(H2,15,16,17)/t10-/m0/s1. The van der Waals surface area contributed by atoms with Crippen molar-refractivity contribution >= 4 is 13.6 Å². The molecule has 1 heterocycles. The van der Waals surface area contributed by atoms with Gasteiger partial charge in [-0.1, -0.05) is 18.2 Å². The van der Waals surface area contributed by atoms with Crippen LogP contribution >= 0.6 is 7.60 Å². The SMILES string of the molecule is O=C(O)[C@@H]1Cc2cc(CP(=O)(O)O)ccc2CN1. The molecule has 1 aromatic rings. The first-order valence-corrected chi connectivity index (χ1v) is 7.26. The summed E-state index contributed by atoms with van der Waals surface area (Å²) in [5.41, 5.74) is 2.35. The molecule has 1 atom stereocenters. The first-order chi connectivity index (χ1) is 8.35. The van der Waals surface area contributed by atoms with E-state index in [2.05, 4.69) is 5.32 Å². The lowest BCUT2D eigenvalue weighted by Gasteiger charge is -2.23. The van der Waals surface area contributed by atoms with Crippen molar-refractivity contribution in [3.8, 4) is 0 Å². The first-order valence-electron chi connectivity index (χ1n) is 5.46. The number of benzene rings is 1. The third kappa shape index (κ3) is 3.17.